The Bertz CT molecular complexity index is 567. The van der Waals surface area contributed by atoms with Gasteiger partial charge >= 0.3 is 0 Å². The molecule has 3 unspecified atom stereocenters. The van der Waals surface area contributed by atoms with E-state index in [1.54, 1.807) is 6.92 Å². The molecule has 0 bridgehead atoms. The Labute approximate surface area is 124 Å². The van der Waals surface area contributed by atoms with Crippen LogP contribution in [0.4, 0.5) is 0 Å². The highest BCUT2D eigenvalue weighted by atomic mass is 16.3. The van der Waals surface area contributed by atoms with Gasteiger partial charge in [-0.15, -0.1) is 0 Å². The molecule has 112 valence electrons. The van der Waals surface area contributed by atoms with Crippen molar-refractivity contribution in [3.8, 4) is 0 Å². The second-order valence-corrected chi connectivity index (χ2v) is 6.15. The topological polar surface area (TPSA) is 57.6 Å². The van der Waals surface area contributed by atoms with E-state index in [0.717, 1.165) is 12.0 Å². The Morgan fingerprint density at radius 1 is 1.33 bits per heavy atom. The van der Waals surface area contributed by atoms with Crippen LogP contribution in [-0.2, 0) is 16.0 Å². The summed E-state index contributed by atoms with van der Waals surface area (Å²) in [6.45, 7) is 2.39. The van der Waals surface area contributed by atoms with E-state index in [1.807, 2.05) is 23.1 Å². The van der Waals surface area contributed by atoms with E-state index in [0.29, 0.717) is 25.8 Å². The molecule has 2 heterocycles. The van der Waals surface area contributed by atoms with Gasteiger partial charge in [-0.2, -0.15) is 0 Å². The lowest BCUT2D eigenvalue weighted by atomic mass is 9.80. The van der Waals surface area contributed by atoms with E-state index >= 15 is 0 Å². The number of rotatable bonds is 3. The van der Waals surface area contributed by atoms with Crippen molar-refractivity contribution < 1.29 is 14.7 Å². The van der Waals surface area contributed by atoms with Gasteiger partial charge in [-0.1, -0.05) is 24.3 Å². The predicted octanol–water partition coefficient (Wildman–Crippen LogP) is 1.86. The lowest BCUT2D eigenvalue weighted by Crippen LogP contribution is -2.50. The average Bonchev–Trinajstić information content (AvgIpc) is 2.46. The third-order valence-corrected chi connectivity index (χ3v) is 4.65. The molecule has 0 spiro atoms. The van der Waals surface area contributed by atoms with E-state index in [2.05, 4.69) is 6.07 Å². The molecule has 3 rings (SSSR count). The normalized spacial score (nSPS) is 26.3. The highest BCUT2D eigenvalue weighted by Gasteiger charge is 2.43. The first-order valence-corrected chi connectivity index (χ1v) is 7.67. The first-order chi connectivity index (χ1) is 10.1. The number of hydrogen-bond donors (Lipinski definition) is 1. The van der Waals surface area contributed by atoms with Crippen LogP contribution in [0.5, 0.6) is 0 Å². The average molecular weight is 287 g/mol. The first-order valence-electron chi connectivity index (χ1n) is 7.67. The first kappa shape index (κ1) is 14.3. The summed E-state index contributed by atoms with van der Waals surface area (Å²) in [6, 6.07) is 8.01. The smallest absolute Gasteiger partial charge is 0.233 e. The Kier molecular flexibility index (Phi) is 3.81. The number of aliphatic hydroxyl groups is 1. The summed E-state index contributed by atoms with van der Waals surface area (Å²) < 4.78 is 0. The van der Waals surface area contributed by atoms with E-state index in [4.69, 9.17) is 0 Å². The second kappa shape index (κ2) is 5.60. The van der Waals surface area contributed by atoms with Crippen molar-refractivity contribution in [1.82, 2.24) is 4.90 Å². The highest BCUT2D eigenvalue weighted by molar-refractivity contribution is 6.04. The molecule has 1 N–H and O–H groups in total. The van der Waals surface area contributed by atoms with Crippen LogP contribution in [0.15, 0.2) is 24.3 Å². The van der Waals surface area contributed by atoms with Crippen molar-refractivity contribution in [3.05, 3.63) is 35.4 Å². The minimum atomic E-state index is -0.555. The quantitative estimate of drug-likeness (QED) is 0.863. The van der Waals surface area contributed by atoms with Crippen LogP contribution in [0.2, 0.25) is 0 Å². The molecule has 0 aliphatic carbocycles. The maximum absolute atomic E-state index is 12.6. The molecule has 2 aliphatic rings. The fraction of sp³-hybridized carbons (Fsp3) is 0.529. The van der Waals surface area contributed by atoms with Crippen LogP contribution >= 0.6 is 0 Å². The molecule has 1 amide bonds. The third kappa shape index (κ3) is 2.60. The third-order valence-electron chi connectivity index (χ3n) is 4.65. The highest BCUT2D eigenvalue weighted by Crippen LogP contribution is 2.38. The van der Waals surface area contributed by atoms with Gasteiger partial charge in [-0.3, -0.25) is 9.59 Å². The van der Waals surface area contributed by atoms with Crippen molar-refractivity contribution in [2.75, 3.05) is 6.54 Å². The van der Waals surface area contributed by atoms with Gasteiger partial charge in [0.15, 0.2) is 0 Å². The number of fused-ring (bicyclic) bond motifs is 3. The van der Waals surface area contributed by atoms with Crippen LogP contribution in [0, 0.1) is 5.92 Å². The molecular weight excluding hydrogens is 266 g/mol. The van der Waals surface area contributed by atoms with Crippen molar-refractivity contribution in [2.45, 2.75) is 44.8 Å². The molecule has 1 saturated heterocycles. The maximum Gasteiger partial charge on any atom is 0.233 e. The van der Waals surface area contributed by atoms with Gasteiger partial charge in [-0.25, -0.2) is 0 Å². The molecular formula is C17H21NO3. The van der Waals surface area contributed by atoms with Crippen LogP contribution in [-0.4, -0.2) is 34.3 Å². The summed E-state index contributed by atoms with van der Waals surface area (Å²) in [5.41, 5.74) is 2.38. The van der Waals surface area contributed by atoms with Gasteiger partial charge < -0.3 is 10.0 Å². The fourth-order valence-corrected chi connectivity index (χ4v) is 3.50. The van der Waals surface area contributed by atoms with E-state index < -0.39 is 12.0 Å². The lowest BCUT2D eigenvalue weighted by Gasteiger charge is -2.42. The molecule has 0 radical (unpaired) electrons. The van der Waals surface area contributed by atoms with Crippen molar-refractivity contribution in [2.24, 2.45) is 5.92 Å². The molecule has 21 heavy (non-hydrogen) atoms. The number of amides is 1. The number of nitrogens with zero attached hydrogens (tertiary/aromatic N) is 1. The largest absolute Gasteiger partial charge is 0.393 e. The minimum absolute atomic E-state index is 0.0265. The fourth-order valence-electron chi connectivity index (χ4n) is 3.50. The van der Waals surface area contributed by atoms with Crippen LogP contribution in [0.3, 0.4) is 0 Å². The number of carbonyl (C=O) groups is 2. The summed E-state index contributed by atoms with van der Waals surface area (Å²) in [4.78, 5) is 26.8. The SMILES string of the molecule is CC(O)CCC1C(=O)CC2c3ccccc3CCN2C1=O. The molecule has 1 aromatic carbocycles. The number of ketones is 1. The summed E-state index contributed by atoms with van der Waals surface area (Å²) in [6.07, 6.45) is 1.76. The number of aliphatic hydroxyl groups excluding tert-OH is 1. The van der Waals surface area contributed by atoms with E-state index in [1.165, 1.54) is 5.56 Å². The van der Waals surface area contributed by atoms with Crippen LogP contribution in [0.1, 0.15) is 43.4 Å². The van der Waals surface area contributed by atoms with Gasteiger partial charge in [0.05, 0.1) is 18.1 Å². The number of benzene rings is 1. The summed E-state index contributed by atoms with van der Waals surface area (Å²) in [5.74, 6) is -0.578. The number of piperidine rings is 1. The molecule has 0 saturated carbocycles. The van der Waals surface area contributed by atoms with Crippen LogP contribution in [0.25, 0.3) is 0 Å². The Morgan fingerprint density at radius 3 is 2.86 bits per heavy atom. The molecule has 1 aromatic rings. The Balaban J connectivity index is 1.83. The van der Waals surface area contributed by atoms with E-state index in [-0.39, 0.29) is 17.7 Å². The zero-order valence-corrected chi connectivity index (χ0v) is 12.3. The molecule has 4 nitrogen and oxygen atoms in total. The Morgan fingerprint density at radius 2 is 2.10 bits per heavy atom. The standard InChI is InChI=1S/C17H21NO3/c1-11(19)6-7-14-16(20)10-15-13-5-3-2-4-12(13)8-9-18(15)17(14)21/h2-5,11,14-15,19H,6-10H2,1H3. The number of carbonyl (C=O) groups excluding carboxylic acids is 2. The van der Waals surface area contributed by atoms with Gasteiger partial charge in [0, 0.05) is 13.0 Å². The summed E-state index contributed by atoms with van der Waals surface area (Å²) in [5, 5.41) is 9.38. The summed E-state index contributed by atoms with van der Waals surface area (Å²) >= 11 is 0. The zero-order chi connectivity index (χ0) is 15.0. The van der Waals surface area contributed by atoms with E-state index in [9.17, 15) is 14.7 Å². The monoisotopic (exact) mass is 287 g/mol. The van der Waals surface area contributed by atoms with Crippen molar-refractivity contribution in [3.63, 3.8) is 0 Å². The lowest BCUT2D eigenvalue weighted by molar-refractivity contribution is -0.150. The zero-order valence-electron chi connectivity index (χ0n) is 12.3. The number of Topliss-reactive ketones (excluding diaryl/α,β-unsaturated/α-hetero) is 1. The molecule has 4 heteroatoms. The van der Waals surface area contributed by atoms with Crippen molar-refractivity contribution >= 4 is 11.7 Å². The van der Waals surface area contributed by atoms with Gasteiger partial charge in [0.2, 0.25) is 5.91 Å². The van der Waals surface area contributed by atoms with Gasteiger partial charge in [0.1, 0.15) is 5.78 Å². The molecule has 2 aliphatic heterocycles. The number of hydrogen-bond acceptors (Lipinski definition) is 3. The van der Waals surface area contributed by atoms with Gasteiger partial charge in [-0.05, 0) is 37.3 Å². The predicted molar refractivity (Wildman–Crippen MR) is 78.6 cm³/mol. The van der Waals surface area contributed by atoms with Crippen LogP contribution < -0.4 is 0 Å². The second-order valence-electron chi connectivity index (χ2n) is 6.15. The Hall–Kier alpha value is -1.68. The molecule has 1 fully saturated rings. The van der Waals surface area contributed by atoms with Crippen molar-refractivity contribution in [1.29, 1.82) is 0 Å². The van der Waals surface area contributed by atoms with Gasteiger partial charge in [0.25, 0.3) is 0 Å². The maximum atomic E-state index is 12.6. The molecule has 0 aromatic heterocycles. The minimum Gasteiger partial charge on any atom is -0.393 e. The summed E-state index contributed by atoms with van der Waals surface area (Å²) in [7, 11) is 0. The molecule has 3 atom stereocenters.